The highest BCUT2D eigenvalue weighted by molar-refractivity contribution is 6.25. The zero-order valence-corrected chi connectivity index (χ0v) is 22.6. The number of likely N-dealkylation sites (tertiary alicyclic amines) is 2. The lowest BCUT2D eigenvalue weighted by Crippen LogP contribution is -2.54. The molecule has 1 atom stereocenters. The van der Waals surface area contributed by atoms with Gasteiger partial charge < -0.3 is 20.2 Å². The first-order valence-electron chi connectivity index (χ1n) is 14.0. The number of carbonyl (C=O) groups is 7. The Morgan fingerprint density at radius 2 is 1.59 bits per heavy atom. The van der Waals surface area contributed by atoms with Crippen LogP contribution in [0.3, 0.4) is 0 Å². The lowest BCUT2D eigenvalue weighted by Gasteiger charge is -2.37. The number of piperidine rings is 3. The molecule has 0 spiro atoms. The summed E-state index contributed by atoms with van der Waals surface area (Å²) >= 11 is 0. The van der Waals surface area contributed by atoms with Gasteiger partial charge in [-0.3, -0.25) is 43.8 Å². The summed E-state index contributed by atoms with van der Waals surface area (Å²) in [6.45, 7) is 1.83. The van der Waals surface area contributed by atoms with Crippen LogP contribution in [0.5, 0.6) is 0 Å². The van der Waals surface area contributed by atoms with Gasteiger partial charge in [0.15, 0.2) is 0 Å². The van der Waals surface area contributed by atoms with E-state index >= 15 is 0 Å². The van der Waals surface area contributed by atoms with Crippen LogP contribution in [0.15, 0.2) is 18.2 Å². The normalized spacial score (nSPS) is 22.0. The number of amides is 6. The molecule has 13 heteroatoms. The van der Waals surface area contributed by atoms with Gasteiger partial charge in [-0.1, -0.05) is 6.07 Å². The van der Waals surface area contributed by atoms with Gasteiger partial charge in [-0.15, -0.1) is 0 Å². The number of hydrogen-bond acceptors (Lipinski definition) is 8. The van der Waals surface area contributed by atoms with Gasteiger partial charge in [-0.25, -0.2) is 0 Å². The predicted octanol–water partition coefficient (Wildman–Crippen LogP) is 0.452. The molecule has 0 aromatic heterocycles. The lowest BCUT2D eigenvalue weighted by molar-refractivity contribution is -0.142. The maximum atomic E-state index is 13.2. The molecule has 0 saturated carbocycles. The summed E-state index contributed by atoms with van der Waals surface area (Å²) in [7, 11) is 0. The van der Waals surface area contributed by atoms with Crippen molar-refractivity contribution >= 4 is 47.1 Å². The average molecular weight is 568 g/mol. The molecule has 4 aliphatic heterocycles. The molecule has 3 fully saturated rings. The molecule has 0 aliphatic carbocycles. The van der Waals surface area contributed by atoms with Crippen molar-refractivity contribution in [3.05, 3.63) is 29.3 Å². The largest absolute Gasteiger partial charge is 0.481 e. The Morgan fingerprint density at radius 3 is 2.24 bits per heavy atom. The third-order valence-electron chi connectivity index (χ3n) is 8.48. The lowest BCUT2D eigenvalue weighted by atomic mass is 9.90. The maximum Gasteiger partial charge on any atom is 0.303 e. The molecule has 5 rings (SSSR count). The molecule has 4 aliphatic rings. The van der Waals surface area contributed by atoms with Crippen molar-refractivity contribution in [2.75, 3.05) is 38.0 Å². The molecule has 1 aromatic rings. The van der Waals surface area contributed by atoms with Crippen LogP contribution in [0.2, 0.25) is 0 Å². The molecule has 3 N–H and O–H groups in total. The van der Waals surface area contributed by atoms with E-state index in [-0.39, 0.29) is 60.6 Å². The standard InChI is InChI=1S/C28H33N5O8/c34-21-5-4-20(25(38)30-21)33-27(40)18-2-1-3-19(24(18)28(33)41)29-15-22(35)31-12-8-17(9-13-31)26(39)32-10-6-16(7-11-32)14-23(36)37/h1-3,16-17,20,29H,4-15H2,(H,36,37)(H,30,34,38). The number of carboxylic acids is 1. The Balaban J connectivity index is 1.13. The number of hydrogen-bond donors (Lipinski definition) is 3. The molecule has 3 saturated heterocycles. The van der Waals surface area contributed by atoms with E-state index in [0.717, 1.165) is 4.90 Å². The zero-order chi connectivity index (χ0) is 29.3. The Morgan fingerprint density at radius 1 is 0.902 bits per heavy atom. The van der Waals surface area contributed by atoms with E-state index in [2.05, 4.69) is 10.6 Å². The first kappa shape index (κ1) is 28.2. The fraction of sp³-hybridized carbons (Fsp3) is 0.536. The van der Waals surface area contributed by atoms with Gasteiger partial charge in [0, 0.05) is 50.6 Å². The van der Waals surface area contributed by atoms with Crippen LogP contribution in [0.25, 0.3) is 0 Å². The molecule has 6 amide bonds. The van der Waals surface area contributed by atoms with Crippen molar-refractivity contribution in [3.63, 3.8) is 0 Å². The van der Waals surface area contributed by atoms with Gasteiger partial charge in [-0.2, -0.15) is 0 Å². The van der Waals surface area contributed by atoms with Crippen LogP contribution < -0.4 is 10.6 Å². The summed E-state index contributed by atoms with van der Waals surface area (Å²) in [4.78, 5) is 91.4. The van der Waals surface area contributed by atoms with Gasteiger partial charge in [-0.05, 0) is 50.2 Å². The summed E-state index contributed by atoms with van der Waals surface area (Å²) < 4.78 is 0. The maximum absolute atomic E-state index is 13.2. The number of carbonyl (C=O) groups excluding carboxylic acids is 6. The molecule has 0 bridgehead atoms. The van der Waals surface area contributed by atoms with Gasteiger partial charge in [0.1, 0.15) is 6.04 Å². The molecule has 0 radical (unpaired) electrons. The fourth-order valence-corrected chi connectivity index (χ4v) is 6.18. The molecule has 1 aromatic carbocycles. The Kier molecular flexibility index (Phi) is 8.04. The van der Waals surface area contributed by atoms with Gasteiger partial charge in [0.2, 0.25) is 23.6 Å². The zero-order valence-electron chi connectivity index (χ0n) is 22.6. The summed E-state index contributed by atoms with van der Waals surface area (Å²) in [5.74, 6) is -3.44. The molecule has 4 heterocycles. The summed E-state index contributed by atoms with van der Waals surface area (Å²) in [5.41, 5.74) is 0.523. The second kappa shape index (κ2) is 11.7. The average Bonchev–Trinajstić information content (AvgIpc) is 3.21. The highest BCUT2D eigenvalue weighted by atomic mass is 16.4. The number of imide groups is 2. The minimum atomic E-state index is -1.07. The van der Waals surface area contributed by atoms with E-state index < -0.39 is 35.6 Å². The molecular formula is C28H33N5O8. The predicted molar refractivity (Wildman–Crippen MR) is 142 cm³/mol. The van der Waals surface area contributed by atoms with Crippen LogP contribution in [0.4, 0.5) is 5.69 Å². The summed E-state index contributed by atoms with van der Waals surface area (Å²) in [6, 6.07) is 3.60. The van der Waals surface area contributed by atoms with E-state index in [1.807, 2.05) is 4.90 Å². The Labute approximate surface area is 236 Å². The highest BCUT2D eigenvalue weighted by Crippen LogP contribution is 2.32. The number of rotatable bonds is 7. The quantitative estimate of drug-likeness (QED) is 0.395. The van der Waals surface area contributed by atoms with Crippen LogP contribution in [-0.4, -0.2) is 100.0 Å². The number of carboxylic acid groups (broad SMARTS) is 1. The van der Waals surface area contributed by atoms with Gasteiger partial charge in [0.25, 0.3) is 11.8 Å². The Bertz CT molecular complexity index is 1300. The molecule has 13 nitrogen and oxygen atoms in total. The summed E-state index contributed by atoms with van der Waals surface area (Å²) in [6.07, 6.45) is 2.65. The van der Waals surface area contributed by atoms with Crippen LogP contribution >= 0.6 is 0 Å². The summed E-state index contributed by atoms with van der Waals surface area (Å²) in [5, 5.41) is 14.1. The van der Waals surface area contributed by atoms with Gasteiger partial charge >= 0.3 is 5.97 Å². The molecule has 41 heavy (non-hydrogen) atoms. The van der Waals surface area contributed by atoms with E-state index in [0.29, 0.717) is 57.5 Å². The molecular weight excluding hydrogens is 534 g/mol. The number of benzene rings is 1. The second-order valence-corrected chi connectivity index (χ2v) is 11.1. The highest BCUT2D eigenvalue weighted by Gasteiger charge is 2.45. The van der Waals surface area contributed by atoms with Crippen molar-refractivity contribution in [1.29, 1.82) is 0 Å². The van der Waals surface area contributed by atoms with Crippen molar-refractivity contribution < 1.29 is 38.7 Å². The fourth-order valence-electron chi connectivity index (χ4n) is 6.18. The first-order valence-corrected chi connectivity index (χ1v) is 14.0. The van der Waals surface area contributed by atoms with E-state index in [1.165, 1.54) is 6.07 Å². The van der Waals surface area contributed by atoms with Crippen LogP contribution in [0.1, 0.15) is 65.7 Å². The van der Waals surface area contributed by atoms with E-state index in [4.69, 9.17) is 5.11 Å². The van der Waals surface area contributed by atoms with Crippen molar-refractivity contribution in [1.82, 2.24) is 20.0 Å². The van der Waals surface area contributed by atoms with E-state index in [9.17, 15) is 33.6 Å². The number of fused-ring (bicyclic) bond motifs is 1. The minimum absolute atomic E-state index is 0.0248. The number of anilines is 1. The van der Waals surface area contributed by atoms with Crippen molar-refractivity contribution in [2.24, 2.45) is 11.8 Å². The van der Waals surface area contributed by atoms with Crippen molar-refractivity contribution in [2.45, 2.75) is 51.0 Å². The van der Waals surface area contributed by atoms with Gasteiger partial charge in [0.05, 0.1) is 17.7 Å². The third kappa shape index (κ3) is 5.79. The SMILES string of the molecule is O=C(O)CC1CCN(C(=O)C2CCN(C(=O)CNc3cccc4c3C(=O)N(C3CCC(=O)NC3=O)C4=O)CC2)CC1. The smallest absolute Gasteiger partial charge is 0.303 e. The monoisotopic (exact) mass is 567 g/mol. The topological polar surface area (TPSA) is 174 Å². The molecule has 218 valence electrons. The number of nitrogens with one attached hydrogen (secondary N) is 2. The van der Waals surface area contributed by atoms with Crippen LogP contribution in [0, 0.1) is 11.8 Å². The number of aliphatic carboxylic acids is 1. The van der Waals surface area contributed by atoms with Crippen molar-refractivity contribution in [3.8, 4) is 0 Å². The molecule has 1 unspecified atom stereocenters. The minimum Gasteiger partial charge on any atom is -0.481 e. The number of nitrogens with zero attached hydrogens (tertiary/aromatic N) is 3. The first-order chi connectivity index (χ1) is 19.6. The second-order valence-electron chi connectivity index (χ2n) is 11.1. The Hall–Kier alpha value is -4.29. The van der Waals surface area contributed by atoms with E-state index in [1.54, 1.807) is 17.0 Å². The van der Waals surface area contributed by atoms with Crippen LogP contribution in [-0.2, 0) is 24.0 Å². The third-order valence-corrected chi connectivity index (χ3v) is 8.48.